The highest BCUT2D eigenvalue weighted by atomic mass is 35.5. The minimum atomic E-state index is 0.800. The molecular weight excluding hydrogens is 216 g/mol. The van der Waals surface area contributed by atoms with Crippen molar-refractivity contribution in [1.29, 1.82) is 0 Å². The zero-order valence-electron chi connectivity index (χ0n) is 10.5. The Kier molecular flexibility index (Phi) is 4.82. The van der Waals surface area contributed by atoms with Crippen LogP contribution in [-0.4, -0.2) is 0 Å². The van der Waals surface area contributed by atoms with E-state index >= 15 is 0 Å². The van der Waals surface area contributed by atoms with Crippen molar-refractivity contribution in [3.63, 3.8) is 0 Å². The van der Waals surface area contributed by atoms with Crippen LogP contribution < -0.4 is 0 Å². The zero-order valence-corrected chi connectivity index (χ0v) is 11.2. The van der Waals surface area contributed by atoms with E-state index in [0.717, 1.165) is 11.4 Å². The lowest BCUT2D eigenvalue weighted by atomic mass is 10.0. The third-order valence-corrected chi connectivity index (χ3v) is 2.99. The average molecular weight is 235 g/mol. The topological polar surface area (TPSA) is 0 Å². The molecule has 1 aliphatic rings. The molecule has 1 aliphatic carbocycles. The Labute approximate surface area is 104 Å². The molecule has 0 unspecified atom stereocenters. The minimum Gasteiger partial charge on any atom is -0.0843 e. The number of allylic oxidation sites excluding steroid dienone is 4. The Morgan fingerprint density at radius 1 is 1.00 bits per heavy atom. The summed E-state index contributed by atoms with van der Waals surface area (Å²) in [7, 11) is 0. The molecule has 0 spiro atoms. The molecule has 86 valence electrons. The Bertz CT molecular complexity index is 408. The lowest BCUT2D eigenvalue weighted by Crippen LogP contribution is -1.80. The summed E-state index contributed by atoms with van der Waals surface area (Å²) < 4.78 is 0. The molecule has 0 saturated heterocycles. The average Bonchev–Trinajstić information content (AvgIpc) is 2.63. The van der Waals surface area contributed by atoms with E-state index < -0.39 is 0 Å². The van der Waals surface area contributed by atoms with Gasteiger partial charge in [-0.2, -0.15) is 0 Å². The van der Waals surface area contributed by atoms with Crippen molar-refractivity contribution in [2.45, 2.75) is 34.1 Å². The molecule has 0 radical (unpaired) electrons. The van der Waals surface area contributed by atoms with Gasteiger partial charge in [-0.25, -0.2) is 0 Å². The first kappa shape index (κ1) is 13.1. The Morgan fingerprint density at radius 3 is 2.00 bits per heavy atom. The van der Waals surface area contributed by atoms with Gasteiger partial charge in [-0.1, -0.05) is 54.8 Å². The molecule has 0 fully saturated rings. The highest BCUT2D eigenvalue weighted by molar-refractivity contribution is 6.30. The van der Waals surface area contributed by atoms with Crippen LogP contribution >= 0.6 is 11.6 Å². The largest absolute Gasteiger partial charge is 0.0843 e. The van der Waals surface area contributed by atoms with Crippen LogP contribution in [0.4, 0.5) is 0 Å². The molecule has 0 atom stereocenters. The van der Waals surface area contributed by atoms with Crippen LogP contribution in [0.5, 0.6) is 0 Å². The van der Waals surface area contributed by atoms with E-state index in [1.165, 1.54) is 22.3 Å². The van der Waals surface area contributed by atoms with Crippen molar-refractivity contribution in [2.75, 3.05) is 0 Å². The second-order valence-corrected chi connectivity index (χ2v) is 4.25. The number of hydrogen-bond donors (Lipinski definition) is 0. The first-order chi connectivity index (χ1) is 7.66. The summed E-state index contributed by atoms with van der Waals surface area (Å²) >= 11 is 5.85. The van der Waals surface area contributed by atoms with E-state index in [2.05, 4.69) is 32.1 Å². The fourth-order valence-corrected chi connectivity index (χ4v) is 1.84. The molecule has 0 saturated carbocycles. The van der Waals surface area contributed by atoms with Crippen molar-refractivity contribution in [3.8, 4) is 0 Å². The fraction of sp³-hybridized carbons (Fsp3) is 0.333. The molecule has 0 nitrogen and oxygen atoms in total. The number of rotatable bonds is 1. The summed E-state index contributed by atoms with van der Waals surface area (Å²) in [5, 5.41) is 0.800. The molecule has 0 bridgehead atoms. The van der Waals surface area contributed by atoms with Crippen LogP contribution in [0.1, 0.15) is 39.7 Å². The smallest absolute Gasteiger partial charge is 0.0406 e. The molecule has 0 aliphatic heterocycles. The Balaban J connectivity index is 0.000000606. The summed E-state index contributed by atoms with van der Waals surface area (Å²) in [4.78, 5) is 0. The van der Waals surface area contributed by atoms with Gasteiger partial charge in [0.2, 0.25) is 0 Å². The molecule has 0 amide bonds. The van der Waals surface area contributed by atoms with Crippen LogP contribution in [0, 0.1) is 0 Å². The van der Waals surface area contributed by atoms with Crippen LogP contribution in [0.3, 0.4) is 0 Å². The van der Waals surface area contributed by atoms with Gasteiger partial charge < -0.3 is 0 Å². The summed E-state index contributed by atoms with van der Waals surface area (Å²) in [6.07, 6.45) is 3.34. The van der Waals surface area contributed by atoms with Crippen LogP contribution in [0.15, 0.2) is 41.5 Å². The maximum atomic E-state index is 5.85. The molecule has 0 heterocycles. The third-order valence-electron chi connectivity index (χ3n) is 2.73. The fourth-order valence-electron chi connectivity index (χ4n) is 1.71. The highest BCUT2D eigenvalue weighted by Crippen LogP contribution is 2.32. The lowest BCUT2D eigenvalue weighted by molar-refractivity contribution is 1.23. The zero-order chi connectivity index (χ0) is 12.1. The van der Waals surface area contributed by atoms with E-state index in [9.17, 15) is 0 Å². The van der Waals surface area contributed by atoms with Crippen LogP contribution in [0.2, 0.25) is 5.02 Å². The molecule has 0 N–H and O–H groups in total. The van der Waals surface area contributed by atoms with E-state index in [4.69, 9.17) is 11.6 Å². The van der Waals surface area contributed by atoms with Crippen LogP contribution in [0.25, 0.3) is 5.57 Å². The first-order valence-corrected chi connectivity index (χ1v) is 6.17. The van der Waals surface area contributed by atoms with Crippen LogP contribution in [-0.2, 0) is 0 Å². The number of halogens is 1. The molecule has 1 aromatic rings. The molecule has 1 aromatic carbocycles. The van der Waals surface area contributed by atoms with Gasteiger partial charge in [0.15, 0.2) is 0 Å². The quantitative estimate of drug-likeness (QED) is 0.603. The summed E-state index contributed by atoms with van der Waals surface area (Å²) in [6, 6.07) is 8.06. The highest BCUT2D eigenvalue weighted by Gasteiger charge is 2.10. The second kappa shape index (κ2) is 5.91. The van der Waals surface area contributed by atoms with Crippen molar-refractivity contribution in [1.82, 2.24) is 0 Å². The van der Waals surface area contributed by atoms with E-state index in [0.29, 0.717) is 0 Å². The third kappa shape index (κ3) is 2.99. The first-order valence-electron chi connectivity index (χ1n) is 5.79. The monoisotopic (exact) mass is 234 g/mol. The molecule has 1 heteroatoms. The van der Waals surface area contributed by atoms with Gasteiger partial charge in [0.1, 0.15) is 0 Å². The molecule has 0 aromatic heterocycles. The van der Waals surface area contributed by atoms with Gasteiger partial charge in [0.25, 0.3) is 0 Å². The van der Waals surface area contributed by atoms with Gasteiger partial charge in [-0.05, 0) is 43.5 Å². The van der Waals surface area contributed by atoms with Gasteiger partial charge in [-0.3, -0.25) is 0 Å². The van der Waals surface area contributed by atoms with E-state index in [-0.39, 0.29) is 0 Å². The van der Waals surface area contributed by atoms with Crippen molar-refractivity contribution in [3.05, 3.63) is 52.1 Å². The normalized spacial score (nSPS) is 14.4. The van der Waals surface area contributed by atoms with Crippen molar-refractivity contribution in [2.24, 2.45) is 0 Å². The standard InChI is InChI=1S/C13H13Cl.C2H6/c1-9-7-12(8-10(9)2)11-3-5-13(14)6-4-11;1-2/h3-7H,8H2,1-2H3;1-2H3. The van der Waals surface area contributed by atoms with Crippen molar-refractivity contribution >= 4 is 17.2 Å². The summed E-state index contributed by atoms with van der Waals surface area (Å²) in [6.45, 7) is 8.35. The van der Waals surface area contributed by atoms with Gasteiger partial charge in [0.05, 0.1) is 0 Å². The molecular formula is C15H19Cl. The minimum absolute atomic E-state index is 0.800. The van der Waals surface area contributed by atoms with Gasteiger partial charge in [0, 0.05) is 5.02 Å². The Morgan fingerprint density at radius 2 is 1.56 bits per heavy atom. The van der Waals surface area contributed by atoms with E-state index in [1.54, 1.807) is 0 Å². The van der Waals surface area contributed by atoms with E-state index in [1.807, 2.05) is 26.0 Å². The molecule has 2 rings (SSSR count). The maximum absolute atomic E-state index is 5.85. The van der Waals surface area contributed by atoms with Crippen molar-refractivity contribution < 1.29 is 0 Å². The van der Waals surface area contributed by atoms with Gasteiger partial charge in [-0.15, -0.1) is 0 Å². The Hall–Kier alpha value is -1.01. The molecule has 16 heavy (non-hydrogen) atoms. The SMILES string of the molecule is CC.CC1=C(C)CC(c2ccc(Cl)cc2)=C1. The maximum Gasteiger partial charge on any atom is 0.0406 e. The number of hydrogen-bond acceptors (Lipinski definition) is 0. The number of benzene rings is 1. The predicted molar refractivity (Wildman–Crippen MR) is 73.8 cm³/mol. The lowest BCUT2D eigenvalue weighted by Gasteiger charge is -2.02. The predicted octanol–water partition coefficient (Wildman–Crippen LogP) is 5.49. The summed E-state index contributed by atoms with van der Waals surface area (Å²) in [5.41, 5.74) is 5.55. The second-order valence-electron chi connectivity index (χ2n) is 3.82. The summed E-state index contributed by atoms with van der Waals surface area (Å²) in [5.74, 6) is 0. The van der Waals surface area contributed by atoms with Gasteiger partial charge >= 0.3 is 0 Å².